The number of hydrogen-bond donors (Lipinski definition) is 1. The topological polar surface area (TPSA) is 59.8 Å². The van der Waals surface area contributed by atoms with Gasteiger partial charge in [0.05, 0.1) is 10.9 Å². The summed E-state index contributed by atoms with van der Waals surface area (Å²) < 4.78 is 1.84. The first-order chi connectivity index (χ1) is 13.9. The average Bonchev–Trinajstić information content (AvgIpc) is 3.17. The molecule has 1 heterocycles. The highest BCUT2D eigenvalue weighted by Crippen LogP contribution is 2.29. The summed E-state index contributed by atoms with van der Waals surface area (Å²) in [6.45, 7) is 8.13. The molecule has 0 aliphatic carbocycles. The van der Waals surface area contributed by atoms with Crippen molar-refractivity contribution in [2.24, 2.45) is 0 Å². The highest BCUT2D eigenvalue weighted by Gasteiger charge is 2.20. The summed E-state index contributed by atoms with van der Waals surface area (Å²) in [5.74, 6) is 0.311. The summed E-state index contributed by atoms with van der Waals surface area (Å²) in [6, 6.07) is 13.8. The van der Waals surface area contributed by atoms with Gasteiger partial charge in [-0.2, -0.15) is 0 Å². The lowest BCUT2D eigenvalue weighted by Gasteiger charge is -2.17. The maximum absolute atomic E-state index is 12.8. The number of benzene rings is 2. The van der Waals surface area contributed by atoms with Crippen LogP contribution in [0.5, 0.6) is 0 Å². The van der Waals surface area contributed by atoms with Crippen molar-refractivity contribution in [3.63, 3.8) is 0 Å². The minimum atomic E-state index is -0.344. The molecule has 7 heteroatoms. The van der Waals surface area contributed by atoms with Gasteiger partial charge in [0, 0.05) is 10.7 Å². The largest absolute Gasteiger partial charge is 0.325 e. The number of amides is 1. The van der Waals surface area contributed by atoms with E-state index >= 15 is 0 Å². The highest BCUT2D eigenvalue weighted by atomic mass is 35.5. The molecule has 2 aromatic carbocycles. The van der Waals surface area contributed by atoms with Gasteiger partial charge in [0.2, 0.25) is 5.91 Å². The predicted molar refractivity (Wildman–Crippen MR) is 120 cm³/mol. The molecule has 0 bridgehead atoms. The van der Waals surface area contributed by atoms with Crippen molar-refractivity contribution in [1.29, 1.82) is 0 Å². The molecule has 2 unspecified atom stereocenters. The quantitative estimate of drug-likeness (QED) is 0.478. The molecule has 1 N–H and O–H groups in total. The van der Waals surface area contributed by atoms with Crippen LogP contribution in [-0.2, 0) is 4.79 Å². The number of aryl methyl sites for hydroxylation is 1. The molecule has 3 aromatic rings. The van der Waals surface area contributed by atoms with Gasteiger partial charge in [-0.25, -0.2) is 0 Å². The third kappa shape index (κ3) is 5.00. The van der Waals surface area contributed by atoms with E-state index in [0.29, 0.717) is 16.1 Å². The predicted octanol–water partition coefficient (Wildman–Crippen LogP) is 5.86. The Hall–Kier alpha value is -2.31. The molecule has 0 saturated carbocycles. The molecule has 5 nitrogen and oxygen atoms in total. The molecule has 0 saturated heterocycles. The van der Waals surface area contributed by atoms with Crippen molar-refractivity contribution in [2.75, 3.05) is 5.32 Å². The maximum atomic E-state index is 12.8. The summed E-state index contributed by atoms with van der Waals surface area (Å²) in [5.41, 5.74) is 3.89. The zero-order valence-corrected chi connectivity index (χ0v) is 18.6. The molecule has 1 amide bonds. The number of rotatable bonds is 7. The fourth-order valence-corrected chi connectivity index (χ4v) is 3.94. The number of carbonyl (C=O) groups is 1. The van der Waals surface area contributed by atoms with Gasteiger partial charge in [-0.3, -0.25) is 9.36 Å². The van der Waals surface area contributed by atoms with Gasteiger partial charge < -0.3 is 5.32 Å². The SMILES string of the molecule is CCC(C)c1ccccc1NC(=O)C(C)Sc1nncn1-c1ccc(C)c(Cl)c1. The number of hydrogen-bond acceptors (Lipinski definition) is 4. The van der Waals surface area contributed by atoms with E-state index in [2.05, 4.69) is 35.4 Å². The molecule has 0 radical (unpaired) electrons. The van der Waals surface area contributed by atoms with E-state index in [-0.39, 0.29) is 11.2 Å². The molecule has 0 aliphatic heterocycles. The minimum Gasteiger partial charge on any atom is -0.325 e. The Labute approximate surface area is 180 Å². The van der Waals surface area contributed by atoms with Crippen molar-refractivity contribution >= 4 is 35.0 Å². The molecule has 0 fully saturated rings. The van der Waals surface area contributed by atoms with Crippen LogP contribution in [-0.4, -0.2) is 25.9 Å². The summed E-state index contributed by atoms with van der Waals surface area (Å²) in [6.07, 6.45) is 2.64. The third-order valence-electron chi connectivity index (χ3n) is 4.96. The van der Waals surface area contributed by atoms with Crippen LogP contribution in [0, 0.1) is 6.92 Å². The lowest BCUT2D eigenvalue weighted by atomic mass is 9.97. The maximum Gasteiger partial charge on any atom is 0.237 e. The van der Waals surface area contributed by atoms with Crippen molar-refractivity contribution in [3.05, 3.63) is 64.9 Å². The number of para-hydroxylation sites is 1. The van der Waals surface area contributed by atoms with Crippen molar-refractivity contribution in [1.82, 2.24) is 14.8 Å². The number of halogens is 1. The first-order valence-electron chi connectivity index (χ1n) is 9.63. The van der Waals surface area contributed by atoms with Crippen molar-refractivity contribution < 1.29 is 4.79 Å². The molecule has 2 atom stereocenters. The van der Waals surface area contributed by atoms with Gasteiger partial charge in [-0.15, -0.1) is 10.2 Å². The Morgan fingerprint density at radius 1 is 1.24 bits per heavy atom. The number of anilines is 1. The first-order valence-corrected chi connectivity index (χ1v) is 10.9. The lowest BCUT2D eigenvalue weighted by molar-refractivity contribution is -0.115. The van der Waals surface area contributed by atoms with Crippen molar-refractivity contribution in [2.45, 2.75) is 50.4 Å². The second-order valence-electron chi connectivity index (χ2n) is 7.06. The van der Waals surface area contributed by atoms with Gasteiger partial charge in [0.1, 0.15) is 6.33 Å². The Morgan fingerprint density at radius 2 is 2.00 bits per heavy atom. The molecule has 0 spiro atoms. The zero-order valence-electron chi connectivity index (χ0n) is 17.0. The van der Waals surface area contributed by atoms with E-state index in [4.69, 9.17) is 11.6 Å². The standard InChI is InChI=1S/C22H25ClN4OS/c1-5-14(2)18-8-6-7-9-20(18)25-21(28)16(4)29-22-26-24-13-27(22)17-11-10-15(3)19(23)12-17/h6-14,16H,5H2,1-4H3,(H,25,28). The lowest BCUT2D eigenvalue weighted by Crippen LogP contribution is -2.23. The monoisotopic (exact) mass is 428 g/mol. The summed E-state index contributed by atoms with van der Waals surface area (Å²) in [7, 11) is 0. The van der Waals surface area contributed by atoms with E-state index in [1.165, 1.54) is 11.8 Å². The molecule has 0 aliphatic rings. The van der Waals surface area contributed by atoms with Crippen LogP contribution in [0.25, 0.3) is 5.69 Å². The van der Waals surface area contributed by atoms with Crippen LogP contribution >= 0.6 is 23.4 Å². The normalized spacial score (nSPS) is 13.1. The number of carbonyl (C=O) groups excluding carboxylic acids is 1. The Morgan fingerprint density at radius 3 is 2.72 bits per heavy atom. The second kappa shape index (κ2) is 9.46. The number of thioether (sulfide) groups is 1. The average molecular weight is 429 g/mol. The van der Waals surface area contributed by atoms with Gasteiger partial charge in [-0.05, 0) is 55.5 Å². The van der Waals surface area contributed by atoms with Gasteiger partial charge in [-0.1, -0.05) is 61.5 Å². The van der Waals surface area contributed by atoms with E-state index in [9.17, 15) is 4.79 Å². The van der Waals surface area contributed by atoms with Gasteiger partial charge in [0.15, 0.2) is 5.16 Å². The highest BCUT2D eigenvalue weighted by molar-refractivity contribution is 8.00. The van der Waals surface area contributed by atoms with E-state index < -0.39 is 0 Å². The Bertz CT molecular complexity index is 1000. The van der Waals surface area contributed by atoms with E-state index in [0.717, 1.165) is 28.9 Å². The number of nitrogens with one attached hydrogen (secondary N) is 1. The van der Waals surface area contributed by atoms with Crippen molar-refractivity contribution in [3.8, 4) is 5.69 Å². The molecular weight excluding hydrogens is 404 g/mol. The Balaban J connectivity index is 1.75. The fourth-order valence-electron chi connectivity index (χ4n) is 2.92. The molecular formula is C22H25ClN4OS. The molecule has 3 rings (SSSR count). The number of aromatic nitrogens is 3. The summed E-state index contributed by atoms with van der Waals surface area (Å²) >= 11 is 7.62. The fraction of sp³-hybridized carbons (Fsp3) is 0.318. The molecule has 1 aromatic heterocycles. The van der Waals surface area contributed by atoms with Crippen LogP contribution < -0.4 is 5.32 Å². The number of nitrogens with zero attached hydrogens (tertiary/aromatic N) is 3. The van der Waals surface area contributed by atoms with Gasteiger partial charge >= 0.3 is 0 Å². The molecule has 29 heavy (non-hydrogen) atoms. The summed E-state index contributed by atoms with van der Waals surface area (Å²) in [4.78, 5) is 12.8. The smallest absolute Gasteiger partial charge is 0.237 e. The van der Waals surface area contributed by atoms with Crippen LogP contribution in [0.4, 0.5) is 5.69 Å². The second-order valence-corrected chi connectivity index (χ2v) is 8.78. The van der Waals surface area contributed by atoms with Crippen LogP contribution in [0.1, 0.15) is 44.2 Å². The van der Waals surface area contributed by atoms with E-state index in [1.54, 1.807) is 6.33 Å². The third-order valence-corrected chi connectivity index (χ3v) is 6.43. The van der Waals surface area contributed by atoms with Crippen LogP contribution in [0.3, 0.4) is 0 Å². The minimum absolute atomic E-state index is 0.0674. The zero-order chi connectivity index (χ0) is 21.0. The van der Waals surface area contributed by atoms with Crippen LogP contribution in [0.2, 0.25) is 5.02 Å². The van der Waals surface area contributed by atoms with Crippen LogP contribution in [0.15, 0.2) is 53.9 Å². The Kier molecular flexibility index (Phi) is 6.98. The first kappa shape index (κ1) is 21.4. The van der Waals surface area contributed by atoms with E-state index in [1.807, 2.05) is 54.8 Å². The molecule has 152 valence electrons. The van der Waals surface area contributed by atoms with Gasteiger partial charge in [0.25, 0.3) is 0 Å². The summed E-state index contributed by atoms with van der Waals surface area (Å²) in [5, 5.41) is 12.3.